The molecule has 92 valence electrons. The van der Waals surface area contributed by atoms with Crippen LogP contribution in [0.4, 0.5) is 0 Å². The van der Waals surface area contributed by atoms with Gasteiger partial charge in [0.05, 0.1) is 6.54 Å². The predicted molar refractivity (Wildman–Crippen MR) is 69.9 cm³/mol. The Hall–Kier alpha value is -1.36. The molecule has 4 nitrogen and oxygen atoms in total. The maximum Gasteiger partial charge on any atom is 0.252 e. The second-order valence-corrected chi connectivity index (χ2v) is 4.85. The van der Waals surface area contributed by atoms with Crippen LogP contribution in [0, 0.1) is 6.92 Å². The number of nitrogens with zero attached hydrogens (tertiary/aromatic N) is 1. The van der Waals surface area contributed by atoms with Crippen LogP contribution in [0.1, 0.15) is 15.9 Å². The Morgan fingerprint density at radius 3 is 2.59 bits per heavy atom. The molecular weight excluding hydrogens is 284 g/mol. The van der Waals surface area contributed by atoms with Crippen molar-refractivity contribution >= 4 is 27.7 Å². The fraction of sp³-hybridized carbons (Fsp3) is 0.333. The smallest absolute Gasteiger partial charge is 0.252 e. The molecule has 1 aromatic rings. The van der Waals surface area contributed by atoms with Crippen molar-refractivity contribution in [2.75, 3.05) is 20.6 Å². The number of aryl methyl sites for hydroxylation is 1. The van der Waals surface area contributed by atoms with Crippen LogP contribution < -0.4 is 5.32 Å². The molecule has 0 heterocycles. The minimum atomic E-state index is -0.237. The monoisotopic (exact) mass is 298 g/mol. The van der Waals surface area contributed by atoms with Crippen LogP contribution in [0.25, 0.3) is 0 Å². The highest BCUT2D eigenvalue weighted by Gasteiger charge is 2.11. The van der Waals surface area contributed by atoms with Crippen LogP contribution in [0.5, 0.6) is 0 Å². The number of hydrogen-bond donors (Lipinski definition) is 1. The molecule has 0 unspecified atom stereocenters. The molecule has 0 saturated carbocycles. The van der Waals surface area contributed by atoms with Gasteiger partial charge in [0.2, 0.25) is 5.91 Å². The molecule has 0 aliphatic carbocycles. The number of halogens is 1. The zero-order valence-corrected chi connectivity index (χ0v) is 11.7. The fourth-order valence-electron chi connectivity index (χ4n) is 1.25. The Bertz CT molecular complexity index is 444. The van der Waals surface area contributed by atoms with E-state index in [4.69, 9.17) is 0 Å². The van der Waals surface area contributed by atoms with E-state index in [-0.39, 0.29) is 18.4 Å². The lowest BCUT2D eigenvalue weighted by atomic mass is 10.1. The van der Waals surface area contributed by atoms with Crippen LogP contribution in [-0.2, 0) is 4.79 Å². The SMILES string of the molecule is Cc1ccc(Br)cc1C(=O)NCC(=O)N(C)C. The van der Waals surface area contributed by atoms with Gasteiger partial charge in [-0.1, -0.05) is 22.0 Å². The average Bonchev–Trinajstić information content (AvgIpc) is 2.28. The number of benzene rings is 1. The first-order chi connectivity index (χ1) is 7.91. The lowest BCUT2D eigenvalue weighted by Gasteiger charge is -2.12. The summed E-state index contributed by atoms with van der Waals surface area (Å²) in [5.41, 5.74) is 1.45. The summed E-state index contributed by atoms with van der Waals surface area (Å²) in [5, 5.41) is 2.60. The van der Waals surface area contributed by atoms with E-state index in [0.29, 0.717) is 5.56 Å². The standard InChI is InChI=1S/C12H15BrN2O2/c1-8-4-5-9(13)6-10(8)12(17)14-7-11(16)15(2)3/h4-6H,7H2,1-3H3,(H,14,17). The number of amides is 2. The molecule has 0 aliphatic heterocycles. The summed E-state index contributed by atoms with van der Waals surface area (Å²) >= 11 is 3.31. The lowest BCUT2D eigenvalue weighted by Crippen LogP contribution is -2.36. The molecule has 1 N–H and O–H groups in total. The summed E-state index contributed by atoms with van der Waals surface area (Å²) in [5.74, 6) is -0.370. The van der Waals surface area contributed by atoms with Crippen LogP contribution >= 0.6 is 15.9 Å². The molecular formula is C12H15BrN2O2. The number of likely N-dealkylation sites (N-methyl/N-ethyl adjacent to an activating group) is 1. The second kappa shape index (κ2) is 5.82. The van der Waals surface area contributed by atoms with E-state index in [9.17, 15) is 9.59 Å². The van der Waals surface area contributed by atoms with Crippen molar-refractivity contribution in [3.8, 4) is 0 Å². The quantitative estimate of drug-likeness (QED) is 0.921. The topological polar surface area (TPSA) is 49.4 Å². The molecule has 0 saturated heterocycles. The molecule has 1 rings (SSSR count). The molecule has 17 heavy (non-hydrogen) atoms. The minimum Gasteiger partial charge on any atom is -0.347 e. The van der Waals surface area contributed by atoms with Gasteiger partial charge < -0.3 is 10.2 Å². The van der Waals surface area contributed by atoms with Gasteiger partial charge in [0.15, 0.2) is 0 Å². The highest BCUT2D eigenvalue weighted by molar-refractivity contribution is 9.10. The van der Waals surface area contributed by atoms with E-state index in [2.05, 4.69) is 21.2 Å². The third-order valence-corrected chi connectivity index (χ3v) is 2.84. The minimum absolute atomic E-state index is 0.0117. The van der Waals surface area contributed by atoms with Crippen molar-refractivity contribution in [1.82, 2.24) is 10.2 Å². The van der Waals surface area contributed by atoms with Gasteiger partial charge in [-0.2, -0.15) is 0 Å². The first-order valence-corrected chi connectivity index (χ1v) is 5.95. The maximum atomic E-state index is 11.8. The van der Waals surface area contributed by atoms with Gasteiger partial charge in [0.1, 0.15) is 0 Å². The van der Waals surface area contributed by atoms with Gasteiger partial charge in [0.25, 0.3) is 5.91 Å². The molecule has 0 aromatic heterocycles. The fourth-order valence-corrected chi connectivity index (χ4v) is 1.61. The molecule has 0 atom stereocenters. The Morgan fingerprint density at radius 1 is 1.35 bits per heavy atom. The van der Waals surface area contributed by atoms with E-state index >= 15 is 0 Å². The molecule has 5 heteroatoms. The molecule has 0 spiro atoms. The third-order valence-electron chi connectivity index (χ3n) is 2.34. The van der Waals surface area contributed by atoms with Crippen molar-refractivity contribution in [1.29, 1.82) is 0 Å². The predicted octanol–water partition coefficient (Wildman–Crippen LogP) is 1.58. The average molecular weight is 299 g/mol. The number of carbonyl (C=O) groups is 2. The Balaban J connectivity index is 2.70. The number of hydrogen-bond acceptors (Lipinski definition) is 2. The summed E-state index contributed by atoms with van der Waals surface area (Å²) < 4.78 is 0.840. The lowest BCUT2D eigenvalue weighted by molar-refractivity contribution is -0.127. The Labute approximate surface area is 109 Å². The van der Waals surface area contributed by atoms with Gasteiger partial charge in [-0.15, -0.1) is 0 Å². The van der Waals surface area contributed by atoms with E-state index in [1.807, 2.05) is 19.1 Å². The maximum absolute atomic E-state index is 11.8. The van der Waals surface area contributed by atoms with Crippen LogP contribution in [0.3, 0.4) is 0 Å². The van der Waals surface area contributed by atoms with Gasteiger partial charge in [-0.25, -0.2) is 0 Å². The Kier molecular flexibility index (Phi) is 4.69. The summed E-state index contributed by atoms with van der Waals surface area (Å²) in [7, 11) is 3.30. The highest BCUT2D eigenvalue weighted by atomic mass is 79.9. The second-order valence-electron chi connectivity index (χ2n) is 3.93. The number of carbonyl (C=O) groups excluding carboxylic acids is 2. The van der Waals surface area contributed by atoms with E-state index in [0.717, 1.165) is 10.0 Å². The van der Waals surface area contributed by atoms with E-state index < -0.39 is 0 Å². The van der Waals surface area contributed by atoms with Crippen molar-refractivity contribution in [3.63, 3.8) is 0 Å². The van der Waals surface area contributed by atoms with Crippen molar-refractivity contribution in [2.24, 2.45) is 0 Å². The van der Waals surface area contributed by atoms with E-state index in [1.54, 1.807) is 20.2 Å². The zero-order chi connectivity index (χ0) is 13.0. The van der Waals surface area contributed by atoms with Crippen molar-refractivity contribution in [2.45, 2.75) is 6.92 Å². The number of rotatable bonds is 3. The number of nitrogens with one attached hydrogen (secondary N) is 1. The van der Waals surface area contributed by atoms with Crippen LogP contribution in [-0.4, -0.2) is 37.4 Å². The van der Waals surface area contributed by atoms with E-state index in [1.165, 1.54) is 4.90 Å². The summed E-state index contributed by atoms with van der Waals surface area (Å²) in [6.07, 6.45) is 0. The van der Waals surface area contributed by atoms with Crippen LogP contribution in [0.15, 0.2) is 22.7 Å². The summed E-state index contributed by atoms with van der Waals surface area (Å²) in [6.45, 7) is 1.87. The normalized spacial score (nSPS) is 9.88. The van der Waals surface area contributed by atoms with Gasteiger partial charge in [-0.3, -0.25) is 9.59 Å². The highest BCUT2D eigenvalue weighted by Crippen LogP contribution is 2.15. The van der Waals surface area contributed by atoms with Gasteiger partial charge >= 0.3 is 0 Å². The zero-order valence-electron chi connectivity index (χ0n) is 10.1. The van der Waals surface area contributed by atoms with Crippen molar-refractivity contribution < 1.29 is 9.59 Å². The largest absolute Gasteiger partial charge is 0.347 e. The molecule has 0 radical (unpaired) electrons. The first kappa shape index (κ1) is 13.7. The van der Waals surface area contributed by atoms with Gasteiger partial charge in [-0.05, 0) is 24.6 Å². The molecule has 0 bridgehead atoms. The molecule has 0 fully saturated rings. The molecule has 1 aromatic carbocycles. The molecule has 2 amide bonds. The summed E-state index contributed by atoms with van der Waals surface area (Å²) in [6, 6.07) is 5.47. The Morgan fingerprint density at radius 2 is 2.00 bits per heavy atom. The van der Waals surface area contributed by atoms with Crippen molar-refractivity contribution in [3.05, 3.63) is 33.8 Å². The van der Waals surface area contributed by atoms with Crippen LogP contribution in [0.2, 0.25) is 0 Å². The first-order valence-electron chi connectivity index (χ1n) is 5.16. The third kappa shape index (κ3) is 3.85. The molecule has 0 aliphatic rings. The van der Waals surface area contributed by atoms with Gasteiger partial charge in [0, 0.05) is 24.1 Å². The summed E-state index contributed by atoms with van der Waals surface area (Å²) in [4.78, 5) is 24.6.